The van der Waals surface area contributed by atoms with Gasteiger partial charge in [0.25, 0.3) is 0 Å². The van der Waals surface area contributed by atoms with Gasteiger partial charge < -0.3 is 15.2 Å². The summed E-state index contributed by atoms with van der Waals surface area (Å²) in [7, 11) is 1.59. The van der Waals surface area contributed by atoms with Crippen LogP contribution < -0.4 is 10.1 Å². The summed E-state index contributed by atoms with van der Waals surface area (Å²) in [6.45, 7) is 0.519. The fourth-order valence-electron chi connectivity index (χ4n) is 2.57. The summed E-state index contributed by atoms with van der Waals surface area (Å²) in [5.41, 5.74) is 3.60. The number of halogens is 1. The lowest BCUT2D eigenvalue weighted by molar-refractivity contribution is 0.274. The fourth-order valence-corrected chi connectivity index (χ4v) is 2.82. The molecule has 0 amide bonds. The van der Waals surface area contributed by atoms with Gasteiger partial charge in [-0.2, -0.15) is 0 Å². The third-order valence-corrected chi connectivity index (χ3v) is 3.90. The average Bonchev–Trinajstić information content (AvgIpc) is 2.59. The minimum atomic E-state index is -0.0691. The van der Waals surface area contributed by atoms with Crippen LogP contribution in [0.3, 0.4) is 0 Å². The van der Waals surface area contributed by atoms with Crippen molar-refractivity contribution >= 4 is 28.2 Å². The van der Waals surface area contributed by atoms with Crippen molar-refractivity contribution in [2.24, 2.45) is 0 Å². The number of pyridine rings is 1. The van der Waals surface area contributed by atoms with E-state index in [1.807, 2.05) is 42.5 Å². The number of aliphatic hydroxyl groups excluding tert-OH is 1. The average molecular weight is 329 g/mol. The van der Waals surface area contributed by atoms with Crippen LogP contribution in [-0.2, 0) is 13.2 Å². The molecule has 4 nitrogen and oxygen atoms in total. The van der Waals surface area contributed by atoms with E-state index in [4.69, 9.17) is 16.3 Å². The predicted octanol–water partition coefficient (Wildman–Crippen LogP) is 4.00. The molecular weight excluding hydrogens is 312 g/mol. The molecule has 0 aliphatic heterocycles. The molecule has 0 aliphatic carbocycles. The van der Waals surface area contributed by atoms with Crippen molar-refractivity contribution in [2.75, 3.05) is 12.4 Å². The van der Waals surface area contributed by atoms with E-state index in [2.05, 4.69) is 10.3 Å². The van der Waals surface area contributed by atoms with Gasteiger partial charge in [-0.05, 0) is 42.0 Å². The second kappa shape index (κ2) is 6.86. The molecule has 1 heterocycles. The maximum Gasteiger partial charge on any atom is 0.124 e. The lowest BCUT2D eigenvalue weighted by Gasteiger charge is -2.12. The molecule has 3 aromatic rings. The molecule has 0 saturated heterocycles. The van der Waals surface area contributed by atoms with Gasteiger partial charge in [0.2, 0.25) is 0 Å². The normalized spacial score (nSPS) is 10.7. The predicted molar refractivity (Wildman–Crippen MR) is 93.0 cm³/mol. The van der Waals surface area contributed by atoms with Gasteiger partial charge in [0.1, 0.15) is 5.75 Å². The molecule has 2 N–H and O–H groups in total. The molecule has 3 rings (SSSR count). The zero-order valence-electron chi connectivity index (χ0n) is 12.7. The molecule has 0 saturated carbocycles. The Morgan fingerprint density at radius 3 is 2.83 bits per heavy atom. The Balaban J connectivity index is 1.86. The highest BCUT2D eigenvalue weighted by atomic mass is 35.5. The molecular formula is C18H17ClN2O2. The molecule has 0 unspecified atom stereocenters. The van der Waals surface area contributed by atoms with Gasteiger partial charge in [0.15, 0.2) is 0 Å². The van der Waals surface area contributed by atoms with Crippen LogP contribution in [0.15, 0.2) is 48.7 Å². The van der Waals surface area contributed by atoms with Crippen LogP contribution in [0.25, 0.3) is 10.9 Å². The van der Waals surface area contributed by atoms with Crippen molar-refractivity contribution in [3.8, 4) is 5.75 Å². The summed E-state index contributed by atoms with van der Waals surface area (Å²) in [6, 6.07) is 13.3. The summed E-state index contributed by atoms with van der Waals surface area (Å²) in [5.74, 6) is 0.674. The third kappa shape index (κ3) is 3.38. The second-order valence-electron chi connectivity index (χ2n) is 5.18. The number of rotatable bonds is 5. The van der Waals surface area contributed by atoms with Gasteiger partial charge >= 0.3 is 0 Å². The standard InChI is InChI=1S/C18H17ClN2O2/c1-23-17-5-4-16(9-14(17)11-22)21-10-13-8-15(19)7-12-3-2-6-20-18(12)13/h2-9,21-22H,10-11H2,1H3. The van der Waals surface area contributed by atoms with Crippen molar-refractivity contribution < 1.29 is 9.84 Å². The first-order valence-electron chi connectivity index (χ1n) is 7.26. The Labute approximate surface area is 139 Å². The lowest BCUT2D eigenvalue weighted by atomic mass is 10.1. The highest BCUT2D eigenvalue weighted by molar-refractivity contribution is 6.31. The van der Waals surface area contributed by atoms with Crippen LogP contribution in [0, 0.1) is 0 Å². The molecule has 0 radical (unpaired) electrons. The van der Waals surface area contributed by atoms with Crippen molar-refractivity contribution in [1.29, 1.82) is 0 Å². The van der Waals surface area contributed by atoms with Gasteiger partial charge in [-0.15, -0.1) is 0 Å². The van der Waals surface area contributed by atoms with E-state index in [1.165, 1.54) is 0 Å². The first kappa shape index (κ1) is 15.6. The van der Waals surface area contributed by atoms with Crippen molar-refractivity contribution in [2.45, 2.75) is 13.2 Å². The van der Waals surface area contributed by atoms with Crippen LogP contribution in [0.1, 0.15) is 11.1 Å². The molecule has 23 heavy (non-hydrogen) atoms. The van der Waals surface area contributed by atoms with Crippen molar-refractivity contribution in [3.05, 3.63) is 64.8 Å². The van der Waals surface area contributed by atoms with Crippen LogP contribution in [-0.4, -0.2) is 17.2 Å². The molecule has 0 spiro atoms. The lowest BCUT2D eigenvalue weighted by Crippen LogP contribution is -2.02. The number of nitrogens with one attached hydrogen (secondary N) is 1. The third-order valence-electron chi connectivity index (χ3n) is 3.68. The van der Waals surface area contributed by atoms with E-state index >= 15 is 0 Å². The Kier molecular flexibility index (Phi) is 4.65. The number of hydrogen-bond acceptors (Lipinski definition) is 4. The number of benzene rings is 2. The smallest absolute Gasteiger partial charge is 0.124 e. The number of fused-ring (bicyclic) bond motifs is 1. The molecule has 1 aromatic heterocycles. The number of nitrogens with zero attached hydrogens (tertiary/aromatic N) is 1. The van der Waals surface area contributed by atoms with Gasteiger partial charge in [-0.1, -0.05) is 17.7 Å². The van der Waals surface area contributed by atoms with Crippen molar-refractivity contribution in [3.63, 3.8) is 0 Å². The van der Waals surface area contributed by atoms with Gasteiger partial charge in [-0.3, -0.25) is 4.98 Å². The number of aliphatic hydroxyl groups is 1. The van der Waals surface area contributed by atoms with Crippen molar-refractivity contribution in [1.82, 2.24) is 4.98 Å². The van der Waals surface area contributed by atoms with Crippen LogP contribution in [0.2, 0.25) is 5.02 Å². The summed E-state index contributed by atoms with van der Waals surface area (Å²) in [4.78, 5) is 4.44. The number of aromatic nitrogens is 1. The quantitative estimate of drug-likeness (QED) is 0.743. The zero-order chi connectivity index (χ0) is 16.2. The van der Waals surface area contributed by atoms with E-state index in [9.17, 15) is 5.11 Å². The monoisotopic (exact) mass is 328 g/mol. The topological polar surface area (TPSA) is 54.4 Å². The minimum absolute atomic E-state index is 0.0691. The molecule has 0 bridgehead atoms. The van der Waals surface area contributed by atoms with Crippen LogP contribution >= 0.6 is 11.6 Å². The first-order valence-corrected chi connectivity index (χ1v) is 7.64. The van der Waals surface area contributed by atoms with E-state index in [0.29, 0.717) is 17.3 Å². The van der Waals surface area contributed by atoms with E-state index < -0.39 is 0 Å². The van der Waals surface area contributed by atoms with E-state index in [0.717, 1.165) is 27.7 Å². The van der Waals surface area contributed by atoms with E-state index in [-0.39, 0.29) is 6.61 Å². The molecule has 2 aromatic carbocycles. The highest BCUT2D eigenvalue weighted by Gasteiger charge is 2.06. The maximum absolute atomic E-state index is 9.40. The van der Waals surface area contributed by atoms with Gasteiger partial charge in [0, 0.05) is 34.4 Å². The first-order chi connectivity index (χ1) is 11.2. The largest absolute Gasteiger partial charge is 0.496 e. The summed E-state index contributed by atoms with van der Waals surface area (Å²) >= 11 is 6.19. The number of ether oxygens (including phenoxy) is 1. The highest BCUT2D eigenvalue weighted by Crippen LogP contribution is 2.25. The molecule has 0 fully saturated rings. The minimum Gasteiger partial charge on any atom is -0.496 e. The summed E-state index contributed by atoms with van der Waals surface area (Å²) < 4.78 is 5.21. The maximum atomic E-state index is 9.40. The Morgan fingerprint density at radius 2 is 2.04 bits per heavy atom. The van der Waals surface area contributed by atoms with Crippen LogP contribution in [0.4, 0.5) is 5.69 Å². The Hall–Kier alpha value is -2.30. The Bertz CT molecular complexity index is 836. The molecule has 5 heteroatoms. The molecule has 0 atom stereocenters. The zero-order valence-corrected chi connectivity index (χ0v) is 13.5. The van der Waals surface area contributed by atoms with Gasteiger partial charge in [0.05, 0.1) is 19.2 Å². The molecule has 118 valence electrons. The second-order valence-corrected chi connectivity index (χ2v) is 5.61. The fraction of sp³-hybridized carbons (Fsp3) is 0.167. The van der Waals surface area contributed by atoms with Crippen LogP contribution in [0.5, 0.6) is 5.75 Å². The van der Waals surface area contributed by atoms with Gasteiger partial charge in [-0.25, -0.2) is 0 Å². The summed E-state index contributed by atoms with van der Waals surface area (Å²) in [5, 5.41) is 14.4. The Morgan fingerprint density at radius 1 is 1.17 bits per heavy atom. The number of methoxy groups -OCH3 is 1. The number of anilines is 1. The van der Waals surface area contributed by atoms with E-state index in [1.54, 1.807) is 13.3 Å². The summed E-state index contributed by atoms with van der Waals surface area (Å²) in [6.07, 6.45) is 1.77. The SMILES string of the molecule is COc1ccc(NCc2cc(Cl)cc3cccnc23)cc1CO. The number of hydrogen-bond donors (Lipinski definition) is 2. The molecule has 0 aliphatic rings.